The van der Waals surface area contributed by atoms with Crippen LogP contribution in [0.2, 0.25) is 0 Å². The van der Waals surface area contributed by atoms with Crippen LogP contribution in [0.3, 0.4) is 0 Å². The van der Waals surface area contributed by atoms with Gasteiger partial charge in [0.1, 0.15) is 0 Å². The summed E-state index contributed by atoms with van der Waals surface area (Å²) in [6.07, 6.45) is 35.8. The molecule has 0 heterocycles. The van der Waals surface area contributed by atoms with Crippen molar-refractivity contribution in [2.75, 3.05) is 6.61 Å². The van der Waals surface area contributed by atoms with Gasteiger partial charge in [-0.25, -0.2) is 4.79 Å². The lowest BCUT2D eigenvalue weighted by atomic mass is 9.87. The summed E-state index contributed by atoms with van der Waals surface area (Å²) in [4.78, 5) is 12.0. The maximum absolute atomic E-state index is 12.0. The van der Waals surface area contributed by atoms with E-state index in [4.69, 9.17) is 4.74 Å². The smallest absolute Gasteiger partial charge is 0.333 e. The van der Waals surface area contributed by atoms with E-state index in [9.17, 15) is 4.79 Å². The Balaban J connectivity index is 4.08. The van der Waals surface area contributed by atoms with Crippen molar-refractivity contribution in [1.82, 2.24) is 0 Å². The van der Waals surface area contributed by atoms with Gasteiger partial charge in [0.15, 0.2) is 0 Å². The summed E-state index contributed by atoms with van der Waals surface area (Å²) in [6.45, 7) is 15.5. The Kier molecular flexibility index (Phi) is 29.1. The van der Waals surface area contributed by atoms with Gasteiger partial charge in [0.25, 0.3) is 0 Å². The summed E-state index contributed by atoms with van der Waals surface area (Å²) in [5, 5.41) is 0. The number of carbonyl (C=O) groups is 1. The van der Waals surface area contributed by atoms with Crippen molar-refractivity contribution in [2.24, 2.45) is 17.8 Å². The summed E-state index contributed by atoms with van der Waals surface area (Å²) >= 11 is 0. The number of hydrogen-bond donors (Lipinski definition) is 0. The van der Waals surface area contributed by atoms with E-state index in [1.807, 2.05) is 0 Å². The molecular weight excluding hydrogens is 488 g/mol. The molecule has 0 aromatic heterocycles. The highest BCUT2D eigenvalue weighted by molar-refractivity contribution is 5.86. The van der Waals surface area contributed by atoms with Crippen LogP contribution in [0.15, 0.2) is 12.2 Å². The third-order valence-electron chi connectivity index (χ3n) is 8.94. The van der Waals surface area contributed by atoms with Crippen molar-refractivity contribution < 1.29 is 9.53 Å². The van der Waals surface area contributed by atoms with Gasteiger partial charge in [-0.05, 0) is 37.5 Å². The molecule has 0 saturated heterocycles. The molecule has 0 saturated carbocycles. The van der Waals surface area contributed by atoms with Crippen molar-refractivity contribution in [3.8, 4) is 0 Å². The summed E-state index contributed by atoms with van der Waals surface area (Å²) < 4.78 is 5.63. The molecule has 0 N–H and O–H groups in total. The number of esters is 1. The van der Waals surface area contributed by atoms with Gasteiger partial charge in [-0.15, -0.1) is 0 Å². The standard InChI is InChI=1S/C38H74O2/c1-7-9-11-13-15-17-19-21-23-25-28-35(5)30-27-31-37(33-40-38(39)34(3)4)32-36(6)29-26-24-22-20-18-16-14-12-10-8-2/h35-37H,3,7-33H2,1-2,4-6H3. The Labute approximate surface area is 253 Å². The zero-order chi connectivity index (χ0) is 29.7. The molecule has 0 aliphatic rings. The number of rotatable bonds is 31. The van der Waals surface area contributed by atoms with E-state index in [0.717, 1.165) is 5.92 Å². The Morgan fingerprint density at radius 3 is 1.35 bits per heavy atom. The highest BCUT2D eigenvalue weighted by atomic mass is 16.5. The van der Waals surface area contributed by atoms with Crippen LogP contribution in [0.4, 0.5) is 0 Å². The van der Waals surface area contributed by atoms with Crippen LogP contribution in [0.25, 0.3) is 0 Å². The predicted molar refractivity (Wildman–Crippen MR) is 179 cm³/mol. The van der Waals surface area contributed by atoms with Crippen molar-refractivity contribution in [1.29, 1.82) is 0 Å². The minimum atomic E-state index is -0.221. The molecular formula is C38H74O2. The average molecular weight is 563 g/mol. The monoisotopic (exact) mass is 563 g/mol. The maximum Gasteiger partial charge on any atom is 0.333 e. The summed E-state index contributed by atoms with van der Waals surface area (Å²) in [6, 6.07) is 0. The second kappa shape index (κ2) is 29.7. The molecule has 0 aromatic rings. The van der Waals surface area contributed by atoms with Crippen LogP contribution in [-0.2, 0) is 9.53 Å². The van der Waals surface area contributed by atoms with Crippen molar-refractivity contribution in [3.63, 3.8) is 0 Å². The second-order valence-corrected chi connectivity index (χ2v) is 13.6. The SMILES string of the molecule is C=C(C)C(=O)OCC(CCCC(C)CCCCCCCCCCCC)CC(C)CCCCCCCCCCCC. The van der Waals surface area contributed by atoms with Gasteiger partial charge in [0, 0.05) is 5.57 Å². The lowest BCUT2D eigenvalue weighted by Crippen LogP contribution is -2.17. The zero-order valence-corrected chi connectivity index (χ0v) is 28.3. The summed E-state index contributed by atoms with van der Waals surface area (Å²) in [7, 11) is 0. The molecule has 238 valence electrons. The Morgan fingerprint density at radius 1 is 0.550 bits per heavy atom. The molecule has 0 spiro atoms. The summed E-state index contributed by atoms with van der Waals surface area (Å²) in [5.41, 5.74) is 0.516. The van der Waals surface area contributed by atoms with E-state index < -0.39 is 0 Å². The molecule has 2 heteroatoms. The molecule has 0 aliphatic carbocycles. The summed E-state index contributed by atoms with van der Waals surface area (Å²) in [5.74, 6) is 1.80. The third-order valence-corrected chi connectivity index (χ3v) is 8.94. The van der Waals surface area contributed by atoms with Crippen LogP contribution < -0.4 is 0 Å². The average Bonchev–Trinajstić information content (AvgIpc) is 2.93. The van der Waals surface area contributed by atoms with E-state index in [1.54, 1.807) is 6.92 Å². The van der Waals surface area contributed by atoms with E-state index in [0.29, 0.717) is 24.0 Å². The van der Waals surface area contributed by atoms with Crippen LogP contribution in [0.5, 0.6) is 0 Å². The van der Waals surface area contributed by atoms with Gasteiger partial charge < -0.3 is 4.74 Å². The van der Waals surface area contributed by atoms with E-state index in [-0.39, 0.29) is 5.97 Å². The number of hydrogen-bond acceptors (Lipinski definition) is 2. The van der Waals surface area contributed by atoms with E-state index >= 15 is 0 Å². The van der Waals surface area contributed by atoms with Crippen LogP contribution in [0.1, 0.15) is 202 Å². The molecule has 0 amide bonds. The molecule has 3 atom stereocenters. The number of ether oxygens (including phenoxy) is 1. The number of carbonyl (C=O) groups excluding carboxylic acids is 1. The van der Waals surface area contributed by atoms with Gasteiger partial charge in [0.2, 0.25) is 0 Å². The predicted octanol–water partition coefficient (Wildman–Crippen LogP) is 13.2. The molecule has 3 unspecified atom stereocenters. The maximum atomic E-state index is 12.0. The van der Waals surface area contributed by atoms with Gasteiger partial charge >= 0.3 is 5.97 Å². The fraction of sp³-hybridized carbons (Fsp3) is 0.921. The van der Waals surface area contributed by atoms with Crippen molar-refractivity contribution in [2.45, 2.75) is 202 Å². The lowest BCUT2D eigenvalue weighted by molar-refractivity contribution is -0.140. The molecule has 0 aromatic carbocycles. The van der Waals surface area contributed by atoms with Gasteiger partial charge in [-0.3, -0.25) is 0 Å². The van der Waals surface area contributed by atoms with Gasteiger partial charge in [-0.1, -0.05) is 188 Å². The highest BCUT2D eigenvalue weighted by Gasteiger charge is 2.17. The Bertz CT molecular complexity index is 554. The van der Waals surface area contributed by atoms with Crippen molar-refractivity contribution >= 4 is 5.97 Å². The van der Waals surface area contributed by atoms with Crippen molar-refractivity contribution in [3.05, 3.63) is 12.2 Å². The molecule has 2 nitrogen and oxygen atoms in total. The zero-order valence-electron chi connectivity index (χ0n) is 28.3. The molecule has 0 bridgehead atoms. The normalized spacial score (nSPS) is 13.7. The molecule has 0 radical (unpaired) electrons. The quantitative estimate of drug-likeness (QED) is 0.0477. The van der Waals surface area contributed by atoms with E-state index in [2.05, 4.69) is 34.3 Å². The Morgan fingerprint density at radius 2 is 0.925 bits per heavy atom. The first-order chi connectivity index (χ1) is 19.4. The molecule has 0 aliphatic heterocycles. The van der Waals surface area contributed by atoms with Gasteiger partial charge in [-0.2, -0.15) is 0 Å². The first-order valence-corrected chi connectivity index (χ1v) is 18.2. The fourth-order valence-corrected chi connectivity index (χ4v) is 6.13. The van der Waals surface area contributed by atoms with Gasteiger partial charge in [0.05, 0.1) is 6.61 Å². The molecule has 0 fully saturated rings. The Hall–Kier alpha value is -0.790. The largest absolute Gasteiger partial charge is 0.462 e. The van der Waals surface area contributed by atoms with Crippen LogP contribution >= 0.6 is 0 Å². The lowest BCUT2D eigenvalue weighted by Gasteiger charge is -2.22. The molecule has 0 rings (SSSR count). The second-order valence-electron chi connectivity index (χ2n) is 13.6. The minimum Gasteiger partial charge on any atom is -0.462 e. The van der Waals surface area contributed by atoms with Crippen LogP contribution in [0, 0.1) is 17.8 Å². The first-order valence-electron chi connectivity index (χ1n) is 18.2. The minimum absolute atomic E-state index is 0.221. The topological polar surface area (TPSA) is 26.3 Å². The van der Waals surface area contributed by atoms with Crippen LogP contribution in [-0.4, -0.2) is 12.6 Å². The van der Waals surface area contributed by atoms with E-state index in [1.165, 1.54) is 167 Å². The molecule has 40 heavy (non-hydrogen) atoms. The fourth-order valence-electron chi connectivity index (χ4n) is 6.13. The first kappa shape index (κ1) is 39.2. The number of unbranched alkanes of at least 4 members (excludes halogenated alkanes) is 18. The third kappa shape index (κ3) is 27.4. The highest BCUT2D eigenvalue weighted by Crippen LogP contribution is 2.26.